The first-order valence-electron chi connectivity index (χ1n) is 3.09. The van der Waals surface area contributed by atoms with E-state index in [9.17, 15) is 13.6 Å². The average molecular weight is 150 g/mol. The summed E-state index contributed by atoms with van der Waals surface area (Å²) in [5, 5.41) is 0. The number of hydrogen-bond donors (Lipinski definition) is 0. The van der Waals surface area contributed by atoms with E-state index in [1.54, 1.807) is 0 Å². The lowest BCUT2D eigenvalue weighted by atomic mass is 10.4. The highest BCUT2D eigenvalue weighted by Crippen LogP contribution is 2.36. The number of carbonyl (C=O) groups excluding carboxylic acids is 1. The van der Waals surface area contributed by atoms with Gasteiger partial charge < -0.3 is 9.53 Å². The lowest BCUT2D eigenvalue weighted by Gasteiger charge is -1.98. The molecule has 1 fully saturated rings. The van der Waals surface area contributed by atoms with Crippen molar-refractivity contribution in [3.05, 3.63) is 0 Å². The second-order valence-corrected chi connectivity index (χ2v) is 2.39. The summed E-state index contributed by atoms with van der Waals surface area (Å²) in [6.07, 6.45) is 1.50. The topological polar surface area (TPSA) is 26.3 Å². The lowest BCUT2D eigenvalue weighted by molar-refractivity contribution is -0.133. The summed E-state index contributed by atoms with van der Waals surface area (Å²) >= 11 is 0. The van der Waals surface area contributed by atoms with Crippen LogP contribution in [0, 0.1) is 11.8 Å². The summed E-state index contributed by atoms with van der Waals surface area (Å²) in [6, 6.07) is 0. The van der Waals surface area contributed by atoms with E-state index in [4.69, 9.17) is 0 Å². The van der Waals surface area contributed by atoms with E-state index in [0.717, 1.165) is 6.29 Å². The third kappa shape index (κ3) is 2.02. The molecule has 1 aliphatic rings. The fourth-order valence-corrected chi connectivity index (χ4v) is 0.826. The number of halogens is 2. The molecule has 0 unspecified atom stereocenters. The molecule has 0 amide bonds. The molecule has 10 heavy (non-hydrogen) atoms. The highest BCUT2D eigenvalue weighted by Gasteiger charge is 2.37. The zero-order valence-electron chi connectivity index (χ0n) is 5.30. The molecule has 0 spiro atoms. The van der Waals surface area contributed by atoms with Crippen LogP contribution in [0.5, 0.6) is 0 Å². The van der Waals surface area contributed by atoms with Crippen LogP contribution in [0.15, 0.2) is 0 Å². The van der Waals surface area contributed by atoms with Crippen LogP contribution in [0.4, 0.5) is 8.78 Å². The predicted molar refractivity (Wildman–Crippen MR) is 29.6 cm³/mol. The van der Waals surface area contributed by atoms with Gasteiger partial charge in [0.15, 0.2) is 0 Å². The maximum absolute atomic E-state index is 11.3. The molecule has 1 saturated carbocycles. The maximum Gasteiger partial charge on any atom is 0.345 e. The molecule has 58 valence electrons. The van der Waals surface area contributed by atoms with E-state index in [-0.39, 0.29) is 18.4 Å². The van der Waals surface area contributed by atoms with Crippen molar-refractivity contribution in [2.45, 2.75) is 13.0 Å². The number of carbonyl (C=O) groups is 1. The quantitative estimate of drug-likeness (QED) is 0.560. The van der Waals surface area contributed by atoms with Crippen molar-refractivity contribution >= 4 is 6.29 Å². The summed E-state index contributed by atoms with van der Waals surface area (Å²) < 4.78 is 26.7. The van der Waals surface area contributed by atoms with Crippen molar-refractivity contribution in [2.75, 3.05) is 6.61 Å². The standard InChI is InChI=1S/C6H8F2O2/c7-6(8)10-3-5-1-4(5)2-9/h2,4-6H,1,3H2/t4-,5-/m1/s1. The third-order valence-corrected chi connectivity index (χ3v) is 1.59. The van der Waals surface area contributed by atoms with Crippen LogP contribution in [0.3, 0.4) is 0 Å². The summed E-state index contributed by atoms with van der Waals surface area (Å²) in [7, 11) is 0. The molecule has 0 saturated heterocycles. The molecule has 1 rings (SSSR count). The van der Waals surface area contributed by atoms with Gasteiger partial charge in [-0.25, -0.2) is 0 Å². The second-order valence-electron chi connectivity index (χ2n) is 2.39. The Hall–Kier alpha value is -0.510. The summed E-state index contributed by atoms with van der Waals surface area (Å²) in [5.74, 6) is 0.0187. The summed E-state index contributed by atoms with van der Waals surface area (Å²) in [4.78, 5) is 9.98. The van der Waals surface area contributed by atoms with Crippen molar-refractivity contribution in [3.63, 3.8) is 0 Å². The van der Waals surface area contributed by atoms with E-state index in [2.05, 4.69) is 4.74 Å². The minimum atomic E-state index is -2.70. The zero-order chi connectivity index (χ0) is 7.56. The van der Waals surface area contributed by atoms with Crippen LogP contribution in [-0.4, -0.2) is 19.5 Å². The van der Waals surface area contributed by atoms with Gasteiger partial charge in [-0.3, -0.25) is 0 Å². The first kappa shape index (κ1) is 7.60. The van der Waals surface area contributed by atoms with Gasteiger partial charge in [-0.1, -0.05) is 0 Å². The summed E-state index contributed by atoms with van der Waals surface area (Å²) in [6.45, 7) is -2.69. The van der Waals surface area contributed by atoms with E-state index in [0.29, 0.717) is 6.42 Å². The Morgan fingerprint density at radius 3 is 2.80 bits per heavy atom. The van der Waals surface area contributed by atoms with Crippen molar-refractivity contribution in [2.24, 2.45) is 11.8 Å². The molecule has 1 aliphatic carbocycles. The molecule has 4 heteroatoms. The van der Waals surface area contributed by atoms with Crippen molar-refractivity contribution in [1.29, 1.82) is 0 Å². The number of alkyl halides is 2. The minimum Gasteiger partial charge on any atom is -0.323 e. The van der Waals surface area contributed by atoms with Crippen LogP contribution in [-0.2, 0) is 9.53 Å². The average Bonchev–Trinajstić information content (AvgIpc) is 2.61. The van der Waals surface area contributed by atoms with E-state index < -0.39 is 6.61 Å². The van der Waals surface area contributed by atoms with Gasteiger partial charge in [-0.2, -0.15) is 8.78 Å². The Labute approximate surface area is 57.2 Å². The molecule has 0 radical (unpaired) electrons. The Morgan fingerprint density at radius 1 is 1.70 bits per heavy atom. The van der Waals surface area contributed by atoms with Crippen molar-refractivity contribution in [1.82, 2.24) is 0 Å². The molecule has 0 aromatic heterocycles. The van der Waals surface area contributed by atoms with E-state index in [1.165, 1.54) is 0 Å². The monoisotopic (exact) mass is 150 g/mol. The molecular formula is C6H8F2O2. The fraction of sp³-hybridized carbons (Fsp3) is 0.833. The van der Waals surface area contributed by atoms with Crippen LogP contribution < -0.4 is 0 Å². The van der Waals surface area contributed by atoms with Crippen LogP contribution >= 0.6 is 0 Å². The molecule has 0 aromatic carbocycles. The van der Waals surface area contributed by atoms with Gasteiger partial charge in [0.2, 0.25) is 0 Å². The van der Waals surface area contributed by atoms with Crippen LogP contribution in [0.1, 0.15) is 6.42 Å². The molecular weight excluding hydrogens is 142 g/mol. The molecule has 0 N–H and O–H groups in total. The highest BCUT2D eigenvalue weighted by molar-refractivity contribution is 5.58. The smallest absolute Gasteiger partial charge is 0.323 e. The lowest BCUT2D eigenvalue weighted by Crippen LogP contribution is -2.03. The van der Waals surface area contributed by atoms with Crippen LogP contribution in [0.2, 0.25) is 0 Å². The second kappa shape index (κ2) is 3.05. The highest BCUT2D eigenvalue weighted by atomic mass is 19.3. The molecule has 0 heterocycles. The minimum absolute atomic E-state index is 0.0150. The SMILES string of the molecule is O=C[C@H]1C[C@@H]1COC(F)F. The van der Waals surface area contributed by atoms with Gasteiger partial charge in [-0.05, 0) is 12.3 Å². The maximum atomic E-state index is 11.3. The first-order chi connectivity index (χ1) is 4.74. The third-order valence-electron chi connectivity index (χ3n) is 1.59. The number of ether oxygens (including phenoxy) is 1. The zero-order valence-corrected chi connectivity index (χ0v) is 5.30. The fourth-order valence-electron chi connectivity index (χ4n) is 0.826. The van der Waals surface area contributed by atoms with Gasteiger partial charge in [0.05, 0.1) is 6.61 Å². The molecule has 2 atom stereocenters. The normalized spacial score (nSPS) is 30.7. The largest absolute Gasteiger partial charge is 0.345 e. The Kier molecular flexibility index (Phi) is 2.32. The molecule has 0 bridgehead atoms. The number of rotatable bonds is 4. The van der Waals surface area contributed by atoms with E-state index >= 15 is 0 Å². The molecule has 2 nitrogen and oxygen atoms in total. The Morgan fingerprint density at radius 2 is 2.40 bits per heavy atom. The van der Waals surface area contributed by atoms with Crippen molar-refractivity contribution in [3.8, 4) is 0 Å². The van der Waals surface area contributed by atoms with Gasteiger partial charge in [0, 0.05) is 5.92 Å². The van der Waals surface area contributed by atoms with Gasteiger partial charge >= 0.3 is 6.61 Å². The summed E-state index contributed by atoms with van der Waals surface area (Å²) in [5.41, 5.74) is 0. The van der Waals surface area contributed by atoms with Gasteiger partial charge in [0.25, 0.3) is 0 Å². The predicted octanol–water partition coefficient (Wildman–Crippen LogP) is 1.06. The Bertz CT molecular complexity index is 127. The molecule has 0 aliphatic heterocycles. The van der Waals surface area contributed by atoms with Gasteiger partial charge in [-0.15, -0.1) is 0 Å². The number of hydrogen-bond acceptors (Lipinski definition) is 2. The first-order valence-corrected chi connectivity index (χ1v) is 3.09. The Balaban J connectivity index is 2.01. The van der Waals surface area contributed by atoms with Gasteiger partial charge in [0.1, 0.15) is 6.29 Å². The van der Waals surface area contributed by atoms with Crippen molar-refractivity contribution < 1.29 is 18.3 Å². The number of aldehydes is 1. The van der Waals surface area contributed by atoms with E-state index in [1.807, 2.05) is 0 Å². The molecule has 0 aromatic rings. The van der Waals surface area contributed by atoms with Crippen LogP contribution in [0.25, 0.3) is 0 Å².